The minimum absolute atomic E-state index is 0.190. The lowest BCUT2D eigenvalue weighted by Gasteiger charge is -2.11. The lowest BCUT2D eigenvalue weighted by atomic mass is 10.1. The van der Waals surface area contributed by atoms with Crippen molar-refractivity contribution in [3.05, 3.63) is 65.9 Å². The third-order valence-corrected chi connectivity index (χ3v) is 5.28. The van der Waals surface area contributed by atoms with Crippen LogP contribution < -0.4 is 9.46 Å². The van der Waals surface area contributed by atoms with Crippen molar-refractivity contribution in [1.82, 2.24) is 9.71 Å². The summed E-state index contributed by atoms with van der Waals surface area (Å²) in [5, 5.41) is 0.621. The SMILES string of the molecule is COc1cccc(CNS(=O)(=O)c2ccc(C)c3ncccc23)c1. The molecule has 1 N–H and O–H groups in total. The quantitative estimate of drug-likeness (QED) is 0.774. The lowest BCUT2D eigenvalue weighted by molar-refractivity contribution is 0.414. The molecule has 0 aliphatic rings. The number of nitrogens with zero attached hydrogens (tertiary/aromatic N) is 1. The highest BCUT2D eigenvalue weighted by atomic mass is 32.2. The van der Waals surface area contributed by atoms with Gasteiger partial charge in [-0.05, 0) is 48.4 Å². The van der Waals surface area contributed by atoms with E-state index in [9.17, 15) is 8.42 Å². The summed E-state index contributed by atoms with van der Waals surface area (Å²) in [6.45, 7) is 2.10. The van der Waals surface area contributed by atoms with Crippen LogP contribution in [0.15, 0.2) is 59.6 Å². The molecule has 0 atom stereocenters. The molecule has 2 aromatic carbocycles. The minimum Gasteiger partial charge on any atom is -0.497 e. The largest absolute Gasteiger partial charge is 0.497 e. The molecule has 0 bridgehead atoms. The monoisotopic (exact) mass is 342 g/mol. The van der Waals surface area contributed by atoms with Gasteiger partial charge in [0, 0.05) is 18.1 Å². The Morgan fingerprint density at radius 3 is 2.75 bits per heavy atom. The van der Waals surface area contributed by atoms with Gasteiger partial charge in [0.15, 0.2) is 0 Å². The molecule has 1 aromatic heterocycles. The Bertz CT molecular complexity index is 984. The molecule has 0 saturated heterocycles. The van der Waals surface area contributed by atoms with Crippen LogP contribution in [0.2, 0.25) is 0 Å². The normalized spacial score (nSPS) is 11.6. The van der Waals surface area contributed by atoms with Crippen molar-refractivity contribution in [2.75, 3.05) is 7.11 Å². The molecule has 1 heterocycles. The van der Waals surface area contributed by atoms with Crippen molar-refractivity contribution >= 4 is 20.9 Å². The molecule has 5 nitrogen and oxygen atoms in total. The molecule has 0 fully saturated rings. The first-order valence-corrected chi connectivity index (χ1v) is 8.96. The summed E-state index contributed by atoms with van der Waals surface area (Å²) in [4.78, 5) is 4.52. The third kappa shape index (κ3) is 3.25. The zero-order valence-electron chi connectivity index (χ0n) is 13.5. The van der Waals surface area contributed by atoms with Gasteiger partial charge < -0.3 is 4.74 Å². The van der Waals surface area contributed by atoms with Crippen LogP contribution in [0.1, 0.15) is 11.1 Å². The summed E-state index contributed by atoms with van der Waals surface area (Å²) in [5.41, 5.74) is 2.46. The van der Waals surface area contributed by atoms with E-state index in [2.05, 4.69) is 9.71 Å². The third-order valence-electron chi connectivity index (χ3n) is 3.82. The molecule has 3 rings (SSSR count). The topological polar surface area (TPSA) is 68.3 Å². The van der Waals surface area contributed by atoms with Crippen LogP contribution in [0.5, 0.6) is 5.75 Å². The van der Waals surface area contributed by atoms with Crippen LogP contribution in [0, 0.1) is 6.92 Å². The van der Waals surface area contributed by atoms with Gasteiger partial charge in [0.05, 0.1) is 17.5 Å². The maximum atomic E-state index is 12.7. The van der Waals surface area contributed by atoms with Gasteiger partial charge in [-0.25, -0.2) is 13.1 Å². The first-order chi connectivity index (χ1) is 11.5. The number of aromatic nitrogens is 1. The van der Waals surface area contributed by atoms with Crippen molar-refractivity contribution in [1.29, 1.82) is 0 Å². The Labute approximate surface area is 141 Å². The highest BCUT2D eigenvalue weighted by molar-refractivity contribution is 7.89. The molecule has 0 unspecified atom stereocenters. The van der Waals surface area contributed by atoms with Gasteiger partial charge in [-0.3, -0.25) is 4.98 Å². The van der Waals surface area contributed by atoms with E-state index in [0.717, 1.165) is 11.1 Å². The molecule has 24 heavy (non-hydrogen) atoms. The predicted octanol–water partition coefficient (Wildman–Crippen LogP) is 3.03. The van der Waals surface area contributed by atoms with Gasteiger partial charge in [0.25, 0.3) is 0 Å². The molecule has 0 aliphatic carbocycles. The second-order valence-corrected chi connectivity index (χ2v) is 7.19. The molecular formula is C18H18N2O3S. The highest BCUT2D eigenvalue weighted by Gasteiger charge is 2.18. The molecule has 124 valence electrons. The number of methoxy groups -OCH3 is 1. The molecule has 6 heteroatoms. The van der Waals surface area contributed by atoms with E-state index in [4.69, 9.17) is 4.74 Å². The highest BCUT2D eigenvalue weighted by Crippen LogP contribution is 2.24. The fourth-order valence-corrected chi connectivity index (χ4v) is 3.77. The molecule has 0 amide bonds. The molecule has 0 radical (unpaired) electrons. The zero-order valence-corrected chi connectivity index (χ0v) is 14.3. The summed E-state index contributed by atoms with van der Waals surface area (Å²) >= 11 is 0. The first-order valence-electron chi connectivity index (χ1n) is 7.48. The number of nitrogens with one attached hydrogen (secondary N) is 1. The zero-order chi connectivity index (χ0) is 17.2. The van der Waals surface area contributed by atoms with E-state index in [0.29, 0.717) is 16.7 Å². The number of benzene rings is 2. The van der Waals surface area contributed by atoms with Gasteiger partial charge in [-0.1, -0.05) is 18.2 Å². The van der Waals surface area contributed by atoms with Crippen LogP contribution in [0.4, 0.5) is 0 Å². The molecule has 0 saturated carbocycles. The molecule has 0 spiro atoms. The van der Waals surface area contributed by atoms with Crippen LogP contribution in [0.25, 0.3) is 10.9 Å². The Kier molecular flexibility index (Phi) is 4.51. The van der Waals surface area contributed by atoms with E-state index in [1.807, 2.05) is 25.1 Å². The van der Waals surface area contributed by atoms with Crippen LogP contribution in [-0.2, 0) is 16.6 Å². The second-order valence-electron chi connectivity index (χ2n) is 5.46. The van der Waals surface area contributed by atoms with E-state index in [1.165, 1.54) is 0 Å². The maximum absolute atomic E-state index is 12.7. The average Bonchev–Trinajstić information content (AvgIpc) is 2.60. The van der Waals surface area contributed by atoms with E-state index < -0.39 is 10.0 Å². The summed E-state index contributed by atoms with van der Waals surface area (Å²) in [7, 11) is -2.07. The fourth-order valence-electron chi connectivity index (χ4n) is 2.56. The number of ether oxygens (including phenoxy) is 1. The van der Waals surface area contributed by atoms with Crippen LogP contribution >= 0.6 is 0 Å². The number of sulfonamides is 1. The summed E-state index contributed by atoms with van der Waals surface area (Å²) in [6, 6.07) is 14.2. The smallest absolute Gasteiger partial charge is 0.241 e. The fraction of sp³-hybridized carbons (Fsp3) is 0.167. The van der Waals surface area contributed by atoms with Gasteiger partial charge in [-0.2, -0.15) is 0 Å². The predicted molar refractivity (Wildman–Crippen MR) is 93.5 cm³/mol. The number of hydrogen-bond donors (Lipinski definition) is 1. The van der Waals surface area contributed by atoms with Gasteiger partial charge >= 0.3 is 0 Å². The standard InChI is InChI=1S/C18H18N2O3S/c1-13-8-9-17(16-7-4-10-19-18(13)16)24(21,22)20-12-14-5-3-6-15(11-14)23-2/h3-11,20H,12H2,1-2H3. The Balaban J connectivity index is 1.92. The Morgan fingerprint density at radius 2 is 1.96 bits per heavy atom. The molecular weight excluding hydrogens is 324 g/mol. The number of fused-ring (bicyclic) bond motifs is 1. The van der Waals surface area contributed by atoms with Crippen molar-refractivity contribution < 1.29 is 13.2 Å². The van der Waals surface area contributed by atoms with E-state index in [-0.39, 0.29) is 11.4 Å². The van der Waals surface area contributed by atoms with Gasteiger partial charge in [-0.15, -0.1) is 0 Å². The van der Waals surface area contributed by atoms with Crippen molar-refractivity contribution in [2.45, 2.75) is 18.4 Å². The maximum Gasteiger partial charge on any atom is 0.241 e. The van der Waals surface area contributed by atoms with Gasteiger partial charge in [0.1, 0.15) is 5.75 Å². The number of hydrogen-bond acceptors (Lipinski definition) is 4. The molecule has 3 aromatic rings. The number of aryl methyl sites for hydroxylation is 1. The van der Waals surface area contributed by atoms with Crippen molar-refractivity contribution in [3.8, 4) is 5.75 Å². The summed E-state index contributed by atoms with van der Waals surface area (Å²) < 4.78 is 33.2. The van der Waals surface area contributed by atoms with Crippen LogP contribution in [-0.4, -0.2) is 20.5 Å². The summed E-state index contributed by atoms with van der Waals surface area (Å²) in [6.07, 6.45) is 1.66. The summed E-state index contributed by atoms with van der Waals surface area (Å²) in [5.74, 6) is 0.691. The van der Waals surface area contributed by atoms with Crippen molar-refractivity contribution in [3.63, 3.8) is 0 Å². The van der Waals surface area contributed by atoms with E-state index >= 15 is 0 Å². The number of pyridine rings is 1. The van der Waals surface area contributed by atoms with Gasteiger partial charge in [0.2, 0.25) is 10.0 Å². The Hall–Kier alpha value is -2.44. The lowest BCUT2D eigenvalue weighted by Crippen LogP contribution is -2.23. The average molecular weight is 342 g/mol. The minimum atomic E-state index is -3.65. The van der Waals surface area contributed by atoms with Crippen LogP contribution in [0.3, 0.4) is 0 Å². The molecule has 0 aliphatic heterocycles. The number of rotatable bonds is 5. The first kappa shape index (κ1) is 16.4. The van der Waals surface area contributed by atoms with E-state index in [1.54, 1.807) is 43.6 Å². The second kappa shape index (κ2) is 6.59. The van der Waals surface area contributed by atoms with Crippen molar-refractivity contribution in [2.24, 2.45) is 0 Å². The Morgan fingerprint density at radius 1 is 1.12 bits per heavy atom.